The smallest absolute Gasteiger partial charge is 0.0624 e. The summed E-state index contributed by atoms with van der Waals surface area (Å²) < 4.78 is 7.13. The van der Waals surface area contributed by atoms with Crippen LogP contribution in [0, 0.1) is 11.8 Å². The third-order valence-electron chi connectivity index (χ3n) is 3.61. The molecule has 4 heteroatoms. The Morgan fingerprint density at radius 1 is 1.40 bits per heavy atom. The fraction of sp³-hybridized carbons (Fsp3) is 0.812. The van der Waals surface area contributed by atoms with Crippen LogP contribution in [-0.2, 0) is 24.6 Å². The van der Waals surface area contributed by atoms with Crippen LogP contribution >= 0.6 is 0 Å². The van der Waals surface area contributed by atoms with Gasteiger partial charge in [0.2, 0.25) is 0 Å². The molecular formula is C16H31N3O. The van der Waals surface area contributed by atoms with Gasteiger partial charge in [0.05, 0.1) is 12.3 Å². The first-order valence-corrected chi connectivity index (χ1v) is 7.78. The first-order valence-electron chi connectivity index (χ1n) is 7.78. The minimum atomic E-state index is 0.659. The number of aryl methyl sites for hydroxylation is 2. The van der Waals surface area contributed by atoms with Crippen molar-refractivity contribution >= 4 is 0 Å². The molecule has 0 aliphatic rings. The van der Waals surface area contributed by atoms with Gasteiger partial charge in [0.15, 0.2) is 0 Å². The van der Waals surface area contributed by atoms with E-state index >= 15 is 0 Å². The van der Waals surface area contributed by atoms with Crippen LogP contribution in [0.5, 0.6) is 0 Å². The van der Waals surface area contributed by atoms with Crippen LogP contribution in [0.15, 0.2) is 6.07 Å². The summed E-state index contributed by atoms with van der Waals surface area (Å²) in [5.74, 6) is 1.38. The molecule has 0 amide bonds. The molecule has 0 aliphatic heterocycles. The van der Waals surface area contributed by atoms with Crippen molar-refractivity contribution in [2.45, 2.75) is 40.0 Å². The summed E-state index contributed by atoms with van der Waals surface area (Å²) in [7, 11) is 3.80. The van der Waals surface area contributed by atoms with Crippen LogP contribution in [0.1, 0.15) is 38.6 Å². The maximum Gasteiger partial charge on any atom is 0.0624 e. The molecule has 0 spiro atoms. The quantitative estimate of drug-likeness (QED) is 0.670. The van der Waals surface area contributed by atoms with E-state index in [1.165, 1.54) is 17.8 Å². The molecule has 0 aromatic carbocycles. The molecule has 0 fully saturated rings. The minimum absolute atomic E-state index is 0.659. The highest BCUT2D eigenvalue weighted by atomic mass is 16.5. The van der Waals surface area contributed by atoms with Gasteiger partial charge >= 0.3 is 0 Å². The normalized spacial score (nSPS) is 13.1. The standard InChI is InChI=1S/C16H31N3O/c1-6-15-11-16(19(4)18-15)10-14(9-13(2)3)12-17-7-8-20-5/h11,13-14,17H,6-10,12H2,1-5H3. The number of ether oxygens (including phenoxy) is 1. The summed E-state index contributed by atoms with van der Waals surface area (Å²) in [6, 6.07) is 2.25. The lowest BCUT2D eigenvalue weighted by atomic mass is 9.92. The molecule has 1 heterocycles. The highest BCUT2D eigenvalue weighted by Crippen LogP contribution is 2.17. The third kappa shape index (κ3) is 6.06. The Morgan fingerprint density at radius 2 is 2.15 bits per heavy atom. The van der Waals surface area contributed by atoms with E-state index in [2.05, 4.69) is 44.3 Å². The maximum atomic E-state index is 5.08. The van der Waals surface area contributed by atoms with Crippen LogP contribution in [-0.4, -0.2) is 36.6 Å². The van der Waals surface area contributed by atoms with Crippen molar-refractivity contribution < 1.29 is 4.74 Å². The predicted octanol–water partition coefficient (Wildman–Crippen LogP) is 2.42. The lowest BCUT2D eigenvalue weighted by molar-refractivity contribution is 0.197. The Kier molecular flexibility index (Phi) is 7.85. The number of aromatic nitrogens is 2. The van der Waals surface area contributed by atoms with E-state index in [0.717, 1.165) is 38.5 Å². The summed E-state index contributed by atoms with van der Waals surface area (Å²) in [5.41, 5.74) is 2.54. The van der Waals surface area contributed by atoms with Gasteiger partial charge in [-0.2, -0.15) is 5.10 Å². The van der Waals surface area contributed by atoms with Gasteiger partial charge in [-0.25, -0.2) is 0 Å². The van der Waals surface area contributed by atoms with Gasteiger partial charge in [0, 0.05) is 26.4 Å². The van der Waals surface area contributed by atoms with E-state index in [4.69, 9.17) is 4.74 Å². The zero-order chi connectivity index (χ0) is 15.0. The molecule has 0 aliphatic carbocycles. The number of nitrogens with one attached hydrogen (secondary N) is 1. The Hall–Kier alpha value is -0.870. The summed E-state index contributed by atoms with van der Waals surface area (Å²) in [6.45, 7) is 9.50. The zero-order valence-corrected chi connectivity index (χ0v) is 13.8. The average Bonchev–Trinajstić information content (AvgIpc) is 2.74. The lowest BCUT2D eigenvalue weighted by Gasteiger charge is -2.19. The van der Waals surface area contributed by atoms with Gasteiger partial charge in [-0.3, -0.25) is 4.68 Å². The van der Waals surface area contributed by atoms with Gasteiger partial charge in [-0.05, 0) is 43.7 Å². The van der Waals surface area contributed by atoms with E-state index in [-0.39, 0.29) is 0 Å². The fourth-order valence-electron chi connectivity index (χ4n) is 2.62. The highest BCUT2D eigenvalue weighted by molar-refractivity contribution is 5.11. The predicted molar refractivity (Wildman–Crippen MR) is 84.0 cm³/mol. The molecular weight excluding hydrogens is 250 g/mol. The van der Waals surface area contributed by atoms with Crippen LogP contribution in [0.25, 0.3) is 0 Å². The molecule has 4 nitrogen and oxygen atoms in total. The van der Waals surface area contributed by atoms with Crippen LogP contribution in [0.2, 0.25) is 0 Å². The van der Waals surface area contributed by atoms with E-state index in [1.807, 2.05) is 4.68 Å². The molecule has 1 unspecified atom stereocenters. The SMILES string of the molecule is CCc1cc(CC(CNCCOC)CC(C)C)n(C)n1. The Balaban J connectivity index is 2.55. The Labute approximate surface area is 123 Å². The average molecular weight is 281 g/mol. The van der Waals surface area contributed by atoms with Gasteiger partial charge in [-0.15, -0.1) is 0 Å². The highest BCUT2D eigenvalue weighted by Gasteiger charge is 2.14. The first kappa shape index (κ1) is 17.2. The van der Waals surface area contributed by atoms with Crippen LogP contribution < -0.4 is 5.32 Å². The third-order valence-corrected chi connectivity index (χ3v) is 3.61. The van der Waals surface area contributed by atoms with E-state index in [9.17, 15) is 0 Å². The molecule has 1 aromatic rings. The van der Waals surface area contributed by atoms with E-state index < -0.39 is 0 Å². The molecule has 0 radical (unpaired) electrons. The van der Waals surface area contributed by atoms with Crippen LogP contribution in [0.3, 0.4) is 0 Å². The molecule has 0 saturated carbocycles. The van der Waals surface area contributed by atoms with Crippen molar-refractivity contribution in [3.05, 3.63) is 17.5 Å². The molecule has 1 atom stereocenters. The lowest BCUT2D eigenvalue weighted by Crippen LogP contribution is -2.28. The van der Waals surface area contributed by atoms with Crippen molar-refractivity contribution in [2.24, 2.45) is 18.9 Å². The van der Waals surface area contributed by atoms with Crippen molar-refractivity contribution in [3.63, 3.8) is 0 Å². The topological polar surface area (TPSA) is 39.1 Å². The number of hydrogen-bond donors (Lipinski definition) is 1. The second-order valence-electron chi connectivity index (χ2n) is 6.00. The first-order chi connectivity index (χ1) is 9.56. The second-order valence-corrected chi connectivity index (χ2v) is 6.00. The summed E-state index contributed by atoms with van der Waals surface area (Å²) in [6.07, 6.45) is 3.35. The number of rotatable bonds is 10. The van der Waals surface area contributed by atoms with Crippen LogP contribution in [0.4, 0.5) is 0 Å². The Bertz CT molecular complexity index is 374. The minimum Gasteiger partial charge on any atom is -0.383 e. The molecule has 0 bridgehead atoms. The van der Waals surface area contributed by atoms with Crippen molar-refractivity contribution in [1.82, 2.24) is 15.1 Å². The molecule has 1 N–H and O–H groups in total. The van der Waals surface area contributed by atoms with Gasteiger partial charge in [0.25, 0.3) is 0 Å². The van der Waals surface area contributed by atoms with Crippen molar-refractivity contribution in [3.8, 4) is 0 Å². The fourth-order valence-corrected chi connectivity index (χ4v) is 2.62. The van der Waals surface area contributed by atoms with Gasteiger partial charge < -0.3 is 10.1 Å². The van der Waals surface area contributed by atoms with Crippen molar-refractivity contribution in [2.75, 3.05) is 26.8 Å². The van der Waals surface area contributed by atoms with E-state index in [0.29, 0.717) is 5.92 Å². The zero-order valence-electron chi connectivity index (χ0n) is 13.8. The molecule has 1 aromatic heterocycles. The summed E-state index contributed by atoms with van der Waals surface area (Å²) in [5, 5.41) is 8.04. The van der Waals surface area contributed by atoms with Gasteiger partial charge in [-0.1, -0.05) is 20.8 Å². The van der Waals surface area contributed by atoms with Gasteiger partial charge in [0.1, 0.15) is 0 Å². The van der Waals surface area contributed by atoms with Crippen molar-refractivity contribution in [1.29, 1.82) is 0 Å². The number of hydrogen-bond acceptors (Lipinski definition) is 3. The molecule has 20 heavy (non-hydrogen) atoms. The number of nitrogens with zero attached hydrogens (tertiary/aromatic N) is 2. The molecule has 116 valence electrons. The van der Waals surface area contributed by atoms with E-state index in [1.54, 1.807) is 7.11 Å². The largest absolute Gasteiger partial charge is 0.383 e. The summed E-state index contributed by atoms with van der Waals surface area (Å²) >= 11 is 0. The Morgan fingerprint density at radius 3 is 2.70 bits per heavy atom. The summed E-state index contributed by atoms with van der Waals surface area (Å²) in [4.78, 5) is 0. The molecule has 0 saturated heterocycles. The maximum absolute atomic E-state index is 5.08. The number of methoxy groups -OCH3 is 1. The second kappa shape index (κ2) is 9.14. The molecule has 1 rings (SSSR count). The monoisotopic (exact) mass is 281 g/mol.